The summed E-state index contributed by atoms with van der Waals surface area (Å²) >= 11 is 14.7. The molecule has 0 atom stereocenters. The second-order valence-electron chi connectivity index (χ2n) is 7.27. The summed E-state index contributed by atoms with van der Waals surface area (Å²) in [7, 11) is 0. The predicted octanol–water partition coefficient (Wildman–Crippen LogP) is -1.49. The summed E-state index contributed by atoms with van der Waals surface area (Å²) in [5.74, 6) is -1.44. The van der Waals surface area contributed by atoms with Crippen molar-refractivity contribution in [2.24, 2.45) is 5.41 Å². The van der Waals surface area contributed by atoms with E-state index in [1.165, 1.54) is 0 Å². The van der Waals surface area contributed by atoms with Gasteiger partial charge in [-0.3, -0.25) is 19.2 Å². The minimum atomic E-state index is -1.11. The van der Waals surface area contributed by atoms with Crippen molar-refractivity contribution in [3.63, 3.8) is 0 Å². The van der Waals surface area contributed by atoms with Crippen LogP contribution in [-0.2, 0) is 28.7 Å². The number of ether oxygens (including phenoxy) is 2. The molecule has 0 saturated heterocycles. The minimum absolute atomic E-state index is 0.0417. The Hall–Kier alpha value is -1.04. The van der Waals surface area contributed by atoms with Crippen LogP contribution in [-0.4, -0.2) is 164 Å². The van der Waals surface area contributed by atoms with Crippen LogP contribution in [0.15, 0.2) is 0 Å². The summed E-state index contributed by atoms with van der Waals surface area (Å²) in [6.07, 6.45) is 0.623. The number of carbonyl (C=O) groups is 4. The van der Waals surface area contributed by atoms with Crippen molar-refractivity contribution in [2.45, 2.75) is 25.7 Å². The third-order valence-electron chi connectivity index (χ3n) is 3.49. The van der Waals surface area contributed by atoms with Crippen LogP contribution in [0.4, 0.5) is 0 Å². The van der Waals surface area contributed by atoms with Crippen LogP contribution in [0.25, 0.3) is 0 Å². The monoisotopic (exact) mass is 710 g/mol. The second kappa shape index (κ2) is 47.9. The molecule has 0 amide bonds. The van der Waals surface area contributed by atoms with Gasteiger partial charge in [0, 0.05) is 23.0 Å². The van der Waals surface area contributed by atoms with Gasteiger partial charge in [0.05, 0.1) is 97.2 Å². The van der Waals surface area contributed by atoms with Crippen molar-refractivity contribution < 1.29 is 79.7 Å². The van der Waals surface area contributed by atoms with Gasteiger partial charge >= 0.3 is 23.9 Å². The molecule has 0 bridgehead atoms. The largest absolute Gasteiger partial charge is 0.481 e. The maximum absolute atomic E-state index is 9.55. The van der Waals surface area contributed by atoms with Gasteiger partial charge in [0.1, 0.15) is 0 Å². The lowest BCUT2D eigenvalue weighted by molar-refractivity contribution is -0.137. The van der Waals surface area contributed by atoms with Crippen molar-refractivity contribution in [1.29, 1.82) is 0 Å². The molecule has 0 radical (unpaired) electrons. The molecule has 20 heteroatoms. The fraction of sp³-hybridized carbons (Fsp3) is 0.826. The van der Waals surface area contributed by atoms with Gasteiger partial charge in [0.25, 0.3) is 0 Å². The van der Waals surface area contributed by atoms with Crippen LogP contribution in [0, 0.1) is 5.41 Å². The zero-order valence-corrected chi connectivity index (χ0v) is 27.5. The average Bonchev–Trinajstić information content (AvgIpc) is 2.94. The van der Waals surface area contributed by atoms with Crippen LogP contribution in [0.3, 0.4) is 0 Å². The van der Waals surface area contributed by atoms with Crippen molar-refractivity contribution in [3.8, 4) is 0 Å². The lowest BCUT2D eigenvalue weighted by Crippen LogP contribution is -2.37. The first-order valence-electron chi connectivity index (χ1n) is 12.4. The Morgan fingerprint density at radius 3 is 0.721 bits per heavy atom. The molecule has 0 saturated carbocycles. The van der Waals surface area contributed by atoms with Crippen molar-refractivity contribution in [3.05, 3.63) is 0 Å². The first-order chi connectivity index (χ1) is 20.2. The summed E-state index contributed by atoms with van der Waals surface area (Å²) in [6, 6.07) is 0. The van der Waals surface area contributed by atoms with Gasteiger partial charge in [-0.1, -0.05) is 0 Å². The van der Waals surface area contributed by atoms with E-state index in [-0.39, 0.29) is 38.9 Å². The van der Waals surface area contributed by atoms with E-state index in [0.29, 0.717) is 49.4 Å². The molecule has 0 spiro atoms. The van der Waals surface area contributed by atoms with Crippen LogP contribution in [0.5, 0.6) is 0 Å². The lowest BCUT2D eigenvalue weighted by Gasteiger charge is -2.23. The number of aliphatic hydroxyl groups is 6. The molecular formula is C23H50O16S4. The summed E-state index contributed by atoms with van der Waals surface area (Å²) in [6.45, 7) is 0.103. The number of hydrogen-bond acceptors (Lipinski definition) is 16. The van der Waals surface area contributed by atoms with E-state index in [1.54, 1.807) is 0 Å². The van der Waals surface area contributed by atoms with Gasteiger partial charge < -0.3 is 60.5 Å². The highest BCUT2D eigenvalue weighted by molar-refractivity contribution is 7.80. The van der Waals surface area contributed by atoms with Crippen LogP contribution in [0.1, 0.15) is 25.7 Å². The highest BCUT2D eigenvalue weighted by Gasteiger charge is 2.26. The van der Waals surface area contributed by atoms with Crippen molar-refractivity contribution in [1.82, 2.24) is 0 Å². The number of hydrogen-bond donors (Lipinski definition) is 14. The Kier molecular flexibility index (Phi) is 60.6. The third kappa shape index (κ3) is 69.3. The molecule has 16 nitrogen and oxygen atoms in total. The molecule has 0 aromatic heterocycles. The molecule has 262 valence electrons. The zero-order chi connectivity index (χ0) is 35.0. The molecule has 10 N–H and O–H groups in total. The molecule has 0 aliphatic carbocycles. The average molecular weight is 711 g/mol. The molecule has 0 aliphatic heterocycles. The van der Waals surface area contributed by atoms with E-state index in [2.05, 4.69) is 50.5 Å². The van der Waals surface area contributed by atoms with Gasteiger partial charge in [-0.25, -0.2) is 0 Å². The molecule has 0 unspecified atom stereocenters. The van der Waals surface area contributed by atoms with Gasteiger partial charge in [-0.15, -0.1) is 0 Å². The number of thiol groups is 4. The van der Waals surface area contributed by atoms with E-state index in [0.717, 1.165) is 0 Å². The quantitative estimate of drug-likeness (QED) is 0.0537. The Labute approximate surface area is 273 Å². The van der Waals surface area contributed by atoms with Crippen molar-refractivity contribution in [2.75, 3.05) is 89.1 Å². The first kappa shape index (κ1) is 54.4. The van der Waals surface area contributed by atoms with E-state index < -0.39 is 55.7 Å². The topological polar surface area (TPSA) is 289 Å². The van der Waals surface area contributed by atoms with E-state index in [9.17, 15) is 19.2 Å². The van der Waals surface area contributed by atoms with Crippen molar-refractivity contribution >= 4 is 74.4 Å². The number of carboxylic acids is 4. The maximum atomic E-state index is 9.55. The summed E-state index contributed by atoms with van der Waals surface area (Å²) < 4.78 is 9.75. The zero-order valence-electron chi connectivity index (χ0n) is 23.9. The second-order valence-corrected chi connectivity index (χ2v) is 9.06. The van der Waals surface area contributed by atoms with Gasteiger partial charge in [0.2, 0.25) is 0 Å². The fourth-order valence-electron chi connectivity index (χ4n) is 1.13. The minimum Gasteiger partial charge on any atom is -0.481 e. The molecule has 0 aromatic rings. The standard InChI is InChI=1S/C6H14O4.C5H12O4.4C3H6O2S/c7-1-3-9-5-6-10-4-2-8;6-1-5(2-7,3-8)4-9;4*4-3(5)1-2-6/h7-8H,1-6H2;6-9H,1-4H2;4*6H,1-2H2,(H,4,5). The normalized spacial score (nSPS) is 9.44. The number of carboxylic acid groups (broad SMARTS) is 4. The SMILES string of the molecule is O=C(O)CCS.O=C(O)CCS.O=C(O)CCS.O=C(O)CCS.OCC(CO)(CO)CO.OCCOCCOCCO. The summed E-state index contributed by atoms with van der Waals surface area (Å²) in [5.41, 5.74) is -1.11. The molecule has 0 fully saturated rings. The maximum Gasteiger partial charge on any atom is 0.304 e. The smallest absolute Gasteiger partial charge is 0.304 e. The predicted molar refractivity (Wildman–Crippen MR) is 171 cm³/mol. The number of aliphatic carboxylic acids is 4. The highest BCUT2D eigenvalue weighted by Crippen LogP contribution is 2.11. The molecular weight excluding hydrogens is 661 g/mol. The fourth-order valence-corrected chi connectivity index (χ4v) is 1.90. The Morgan fingerprint density at radius 2 is 0.651 bits per heavy atom. The Bertz CT molecular complexity index is 510. The molecule has 0 heterocycles. The van der Waals surface area contributed by atoms with Gasteiger partial charge in [-0.2, -0.15) is 50.5 Å². The molecule has 0 rings (SSSR count). The highest BCUT2D eigenvalue weighted by atomic mass is 32.1. The van der Waals surface area contributed by atoms with E-state index in [1.807, 2.05) is 0 Å². The van der Waals surface area contributed by atoms with Crippen LogP contribution < -0.4 is 0 Å². The summed E-state index contributed by atoms with van der Waals surface area (Å²) in [5, 5.41) is 82.0. The van der Waals surface area contributed by atoms with Crippen LogP contribution in [0.2, 0.25) is 0 Å². The molecule has 0 aromatic carbocycles. The number of aliphatic hydroxyl groups excluding tert-OH is 6. The molecule has 0 aliphatic rings. The third-order valence-corrected chi connectivity index (χ3v) is 4.38. The van der Waals surface area contributed by atoms with Crippen LogP contribution >= 0.6 is 50.5 Å². The summed E-state index contributed by atoms with van der Waals surface area (Å²) in [4.78, 5) is 38.2. The van der Waals surface area contributed by atoms with E-state index >= 15 is 0 Å². The number of rotatable bonds is 19. The van der Waals surface area contributed by atoms with Gasteiger partial charge in [0.15, 0.2) is 0 Å². The molecule has 43 heavy (non-hydrogen) atoms. The first-order valence-corrected chi connectivity index (χ1v) is 14.9. The Morgan fingerprint density at radius 1 is 0.442 bits per heavy atom. The van der Waals surface area contributed by atoms with Gasteiger partial charge in [-0.05, 0) is 0 Å². The van der Waals surface area contributed by atoms with E-state index in [4.69, 9.17) is 60.5 Å². The lowest BCUT2D eigenvalue weighted by atomic mass is 9.93. The Balaban J connectivity index is -0.0000000970.